The normalized spacial score (nSPS) is 10.6. The average molecular weight is 312 g/mol. The van der Waals surface area contributed by atoms with Gasteiger partial charge in [0.25, 0.3) is 0 Å². The fourth-order valence-corrected chi connectivity index (χ4v) is 3.32. The lowest BCUT2D eigenvalue weighted by Crippen LogP contribution is -2.01. The summed E-state index contributed by atoms with van der Waals surface area (Å²) < 4.78 is 26.1. The van der Waals surface area contributed by atoms with E-state index in [4.69, 9.17) is 0 Å². The van der Waals surface area contributed by atoms with Gasteiger partial charge in [-0.3, -0.25) is 0 Å². The highest BCUT2D eigenvalue weighted by Crippen LogP contribution is 2.35. The van der Waals surface area contributed by atoms with Gasteiger partial charge >= 0.3 is 5.97 Å². The van der Waals surface area contributed by atoms with Crippen molar-refractivity contribution in [2.75, 3.05) is 6.26 Å². The SMILES string of the molecule is CSc1cccc(Sc2ccc(F)c(F)c2)c1C(=O)O. The van der Waals surface area contributed by atoms with Crippen LogP contribution in [0.15, 0.2) is 51.1 Å². The highest BCUT2D eigenvalue weighted by molar-refractivity contribution is 8.00. The third-order valence-electron chi connectivity index (χ3n) is 2.54. The molecule has 104 valence electrons. The highest BCUT2D eigenvalue weighted by atomic mass is 32.2. The molecule has 0 atom stereocenters. The van der Waals surface area contributed by atoms with Gasteiger partial charge in [0.15, 0.2) is 11.6 Å². The standard InChI is InChI=1S/C14H10F2O2S2/c1-19-11-3-2-4-12(13(11)14(17)18)20-8-5-6-9(15)10(16)7-8/h2-7H,1H3,(H,17,18). The Labute approximate surface area is 123 Å². The predicted molar refractivity (Wildman–Crippen MR) is 75.7 cm³/mol. The molecule has 20 heavy (non-hydrogen) atoms. The Bertz CT molecular complexity index is 660. The van der Waals surface area contributed by atoms with Gasteiger partial charge in [0.1, 0.15) is 0 Å². The smallest absolute Gasteiger partial charge is 0.337 e. The van der Waals surface area contributed by atoms with Crippen LogP contribution in [0.25, 0.3) is 0 Å². The summed E-state index contributed by atoms with van der Waals surface area (Å²) >= 11 is 2.42. The number of carboxylic acids is 1. The van der Waals surface area contributed by atoms with Crippen molar-refractivity contribution in [2.24, 2.45) is 0 Å². The summed E-state index contributed by atoms with van der Waals surface area (Å²) in [5.41, 5.74) is 0.176. The van der Waals surface area contributed by atoms with E-state index in [2.05, 4.69) is 0 Å². The molecule has 0 radical (unpaired) electrons. The van der Waals surface area contributed by atoms with Gasteiger partial charge in [0.2, 0.25) is 0 Å². The lowest BCUT2D eigenvalue weighted by atomic mass is 10.2. The Morgan fingerprint density at radius 3 is 2.40 bits per heavy atom. The van der Waals surface area contributed by atoms with E-state index in [9.17, 15) is 18.7 Å². The van der Waals surface area contributed by atoms with E-state index < -0.39 is 17.6 Å². The first-order valence-corrected chi connectivity index (χ1v) is 7.60. The number of aromatic carboxylic acids is 1. The molecule has 2 aromatic carbocycles. The molecular weight excluding hydrogens is 302 g/mol. The summed E-state index contributed by atoms with van der Waals surface area (Å²) in [4.78, 5) is 12.9. The monoisotopic (exact) mass is 312 g/mol. The van der Waals surface area contributed by atoms with Gasteiger partial charge in [-0.05, 0) is 36.6 Å². The van der Waals surface area contributed by atoms with Crippen LogP contribution in [0, 0.1) is 11.6 Å². The van der Waals surface area contributed by atoms with E-state index >= 15 is 0 Å². The van der Waals surface area contributed by atoms with Crippen molar-refractivity contribution >= 4 is 29.5 Å². The highest BCUT2D eigenvalue weighted by Gasteiger charge is 2.16. The van der Waals surface area contributed by atoms with Crippen LogP contribution in [0.2, 0.25) is 0 Å². The van der Waals surface area contributed by atoms with E-state index in [-0.39, 0.29) is 5.56 Å². The van der Waals surface area contributed by atoms with Gasteiger partial charge in [0, 0.05) is 14.7 Å². The van der Waals surface area contributed by atoms with Crippen molar-refractivity contribution in [3.8, 4) is 0 Å². The van der Waals surface area contributed by atoms with E-state index in [1.54, 1.807) is 24.5 Å². The lowest BCUT2D eigenvalue weighted by molar-refractivity contribution is 0.0689. The van der Waals surface area contributed by atoms with Crippen LogP contribution in [0.1, 0.15) is 10.4 Å². The maximum absolute atomic E-state index is 13.2. The molecule has 0 fully saturated rings. The van der Waals surface area contributed by atoms with Crippen LogP contribution >= 0.6 is 23.5 Å². The molecule has 0 aliphatic heterocycles. The summed E-state index contributed by atoms with van der Waals surface area (Å²) in [6.07, 6.45) is 1.79. The summed E-state index contributed by atoms with van der Waals surface area (Å²) in [6, 6.07) is 8.59. The van der Waals surface area contributed by atoms with Gasteiger partial charge in [-0.1, -0.05) is 17.8 Å². The molecule has 0 amide bonds. The van der Waals surface area contributed by atoms with E-state index in [1.807, 2.05) is 0 Å². The van der Waals surface area contributed by atoms with Crippen molar-refractivity contribution in [2.45, 2.75) is 14.7 Å². The number of thioether (sulfide) groups is 1. The number of hydrogen-bond donors (Lipinski definition) is 1. The van der Waals surface area contributed by atoms with Crippen molar-refractivity contribution in [3.05, 3.63) is 53.6 Å². The molecule has 2 nitrogen and oxygen atoms in total. The van der Waals surface area contributed by atoms with Crippen molar-refractivity contribution < 1.29 is 18.7 Å². The molecule has 2 rings (SSSR count). The molecule has 2 aromatic rings. The minimum atomic E-state index is -1.04. The molecule has 0 aliphatic rings. The van der Waals surface area contributed by atoms with Gasteiger partial charge in [0.05, 0.1) is 5.56 Å². The fourth-order valence-electron chi connectivity index (χ4n) is 1.64. The molecule has 0 unspecified atom stereocenters. The van der Waals surface area contributed by atoms with Gasteiger partial charge in [-0.15, -0.1) is 11.8 Å². The maximum Gasteiger partial charge on any atom is 0.337 e. The van der Waals surface area contributed by atoms with Crippen molar-refractivity contribution in [1.82, 2.24) is 0 Å². The van der Waals surface area contributed by atoms with Crippen molar-refractivity contribution in [1.29, 1.82) is 0 Å². The largest absolute Gasteiger partial charge is 0.478 e. The molecule has 0 saturated heterocycles. The number of halogens is 2. The van der Waals surface area contributed by atoms with Crippen LogP contribution in [0.3, 0.4) is 0 Å². The number of hydrogen-bond acceptors (Lipinski definition) is 3. The Morgan fingerprint density at radius 2 is 1.80 bits per heavy atom. The second-order valence-electron chi connectivity index (χ2n) is 3.82. The van der Waals surface area contributed by atoms with Gasteiger partial charge < -0.3 is 5.11 Å². The Morgan fingerprint density at radius 1 is 1.10 bits per heavy atom. The minimum absolute atomic E-state index is 0.176. The summed E-state index contributed by atoms with van der Waals surface area (Å²) in [5.74, 6) is -2.92. The van der Waals surface area contributed by atoms with Gasteiger partial charge in [-0.25, -0.2) is 13.6 Å². The summed E-state index contributed by atoms with van der Waals surface area (Å²) in [5, 5.41) is 9.29. The number of carbonyl (C=O) groups is 1. The zero-order valence-corrected chi connectivity index (χ0v) is 12.0. The van der Waals surface area contributed by atoms with Crippen LogP contribution in [-0.4, -0.2) is 17.3 Å². The quantitative estimate of drug-likeness (QED) is 0.841. The molecule has 6 heteroatoms. The van der Waals surface area contributed by atoms with E-state index in [0.29, 0.717) is 14.7 Å². The molecule has 0 aliphatic carbocycles. The summed E-state index contributed by atoms with van der Waals surface area (Å²) in [6.45, 7) is 0. The lowest BCUT2D eigenvalue weighted by Gasteiger charge is -2.09. The third kappa shape index (κ3) is 3.13. The first-order chi connectivity index (χ1) is 9.52. The third-order valence-corrected chi connectivity index (χ3v) is 4.37. The average Bonchev–Trinajstić information content (AvgIpc) is 2.42. The molecule has 0 bridgehead atoms. The molecule has 0 aromatic heterocycles. The number of benzene rings is 2. The Balaban J connectivity index is 2.42. The molecule has 1 N–H and O–H groups in total. The molecule has 0 spiro atoms. The van der Waals surface area contributed by atoms with Crippen molar-refractivity contribution in [3.63, 3.8) is 0 Å². The predicted octanol–water partition coefficient (Wildman–Crippen LogP) is 4.54. The zero-order chi connectivity index (χ0) is 14.7. The minimum Gasteiger partial charge on any atom is -0.478 e. The van der Waals surface area contributed by atoms with Gasteiger partial charge in [-0.2, -0.15) is 0 Å². The number of rotatable bonds is 4. The van der Waals surface area contributed by atoms with Crippen LogP contribution < -0.4 is 0 Å². The first kappa shape index (κ1) is 14.9. The first-order valence-electron chi connectivity index (χ1n) is 5.56. The van der Waals surface area contributed by atoms with Crippen LogP contribution in [0.5, 0.6) is 0 Å². The zero-order valence-electron chi connectivity index (χ0n) is 10.4. The second-order valence-corrected chi connectivity index (χ2v) is 5.78. The fraction of sp³-hybridized carbons (Fsp3) is 0.0714. The molecule has 0 saturated carbocycles. The number of carboxylic acid groups (broad SMARTS) is 1. The molecule has 0 heterocycles. The molecular formula is C14H10F2O2S2. The Kier molecular flexibility index (Phi) is 4.67. The Hall–Kier alpha value is -1.53. The second kappa shape index (κ2) is 6.28. The van der Waals surface area contributed by atoms with Crippen LogP contribution in [-0.2, 0) is 0 Å². The van der Waals surface area contributed by atoms with E-state index in [1.165, 1.54) is 17.8 Å². The van der Waals surface area contributed by atoms with E-state index in [0.717, 1.165) is 23.9 Å². The summed E-state index contributed by atoms with van der Waals surface area (Å²) in [7, 11) is 0. The van der Waals surface area contributed by atoms with Crippen LogP contribution in [0.4, 0.5) is 8.78 Å². The maximum atomic E-state index is 13.2. The topological polar surface area (TPSA) is 37.3 Å².